The predicted octanol–water partition coefficient (Wildman–Crippen LogP) is 3.70. The summed E-state index contributed by atoms with van der Waals surface area (Å²) in [5.74, 6) is 1.42. The van der Waals surface area contributed by atoms with Gasteiger partial charge in [0.15, 0.2) is 0 Å². The molecule has 1 aliphatic heterocycles. The van der Waals surface area contributed by atoms with E-state index < -0.39 is 0 Å². The highest BCUT2D eigenvalue weighted by Crippen LogP contribution is 2.36. The van der Waals surface area contributed by atoms with Crippen LogP contribution in [0.4, 0.5) is 0 Å². The number of piperidine rings is 1. The van der Waals surface area contributed by atoms with Crippen LogP contribution in [0.15, 0.2) is 42.5 Å². The number of hydrogen-bond acceptors (Lipinski definition) is 2. The van der Waals surface area contributed by atoms with Gasteiger partial charge in [-0.15, -0.1) is 0 Å². The predicted molar refractivity (Wildman–Crippen MR) is 93.3 cm³/mol. The van der Waals surface area contributed by atoms with Gasteiger partial charge in [-0.25, -0.2) is 0 Å². The average Bonchev–Trinajstić information content (AvgIpc) is 2.61. The van der Waals surface area contributed by atoms with Crippen molar-refractivity contribution in [3.05, 3.63) is 48.0 Å². The summed E-state index contributed by atoms with van der Waals surface area (Å²) in [5.41, 5.74) is 0.753. The molecule has 2 aliphatic rings. The molecule has 1 aliphatic carbocycles. The first-order chi connectivity index (χ1) is 11.3. The van der Waals surface area contributed by atoms with Crippen molar-refractivity contribution in [3.8, 4) is 0 Å². The summed E-state index contributed by atoms with van der Waals surface area (Å²) in [4.78, 5) is 12.7. The number of hydrogen-bond donors (Lipinski definition) is 2. The lowest BCUT2D eigenvalue weighted by Crippen LogP contribution is -2.56. The molecule has 1 saturated heterocycles. The third-order valence-corrected chi connectivity index (χ3v) is 5.57. The maximum absolute atomic E-state index is 12.7. The summed E-state index contributed by atoms with van der Waals surface area (Å²) in [6, 6.07) is 14.1. The molecule has 3 nitrogen and oxygen atoms in total. The van der Waals surface area contributed by atoms with Crippen LogP contribution in [0.2, 0.25) is 0 Å². The second kappa shape index (κ2) is 6.32. The van der Waals surface area contributed by atoms with E-state index in [9.17, 15) is 4.79 Å². The number of rotatable bonds is 2. The molecule has 3 heteroatoms. The van der Waals surface area contributed by atoms with Crippen LogP contribution in [0.1, 0.15) is 42.5 Å². The minimum atomic E-state index is 0.0412. The SMILES string of the molecule is O=C(NC1NCCC2CCCCC21)c1ccc2ccccc2c1. The van der Waals surface area contributed by atoms with E-state index in [-0.39, 0.29) is 12.1 Å². The minimum absolute atomic E-state index is 0.0412. The van der Waals surface area contributed by atoms with E-state index in [4.69, 9.17) is 0 Å². The van der Waals surface area contributed by atoms with Crippen molar-refractivity contribution in [3.63, 3.8) is 0 Å². The molecule has 120 valence electrons. The zero-order valence-electron chi connectivity index (χ0n) is 13.4. The van der Waals surface area contributed by atoms with Gasteiger partial charge < -0.3 is 5.32 Å². The smallest absolute Gasteiger partial charge is 0.252 e. The number of carbonyl (C=O) groups excluding carboxylic acids is 1. The Morgan fingerprint density at radius 1 is 1.00 bits per heavy atom. The first-order valence-electron chi connectivity index (χ1n) is 8.84. The molecule has 2 fully saturated rings. The van der Waals surface area contributed by atoms with E-state index in [1.807, 2.05) is 30.3 Å². The standard InChI is InChI=1S/C20H24N2O/c23-20(17-10-9-14-5-1-2-7-16(14)13-17)22-19-18-8-4-3-6-15(18)11-12-21-19/h1-2,5,7,9-10,13,15,18-19,21H,3-4,6,8,11-12H2,(H,22,23). The van der Waals surface area contributed by atoms with E-state index >= 15 is 0 Å². The van der Waals surface area contributed by atoms with Gasteiger partial charge in [-0.05, 0) is 54.1 Å². The maximum atomic E-state index is 12.7. The molecular weight excluding hydrogens is 284 g/mol. The summed E-state index contributed by atoms with van der Waals surface area (Å²) in [7, 11) is 0. The molecule has 0 spiro atoms. The Bertz CT molecular complexity index is 710. The zero-order valence-corrected chi connectivity index (χ0v) is 13.4. The van der Waals surface area contributed by atoms with Crippen molar-refractivity contribution in [1.82, 2.24) is 10.6 Å². The highest BCUT2D eigenvalue weighted by Gasteiger charge is 2.35. The number of benzene rings is 2. The molecule has 4 rings (SSSR count). The Labute approximate surface area is 137 Å². The van der Waals surface area contributed by atoms with E-state index in [2.05, 4.69) is 22.8 Å². The lowest BCUT2D eigenvalue weighted by atomic mass is 9.74. The van der Waals surface area contributed by atoms with E-state index in [0.29, 0.717) is 5.92 Å². The van der Waals surface area contributed by atoms with Gasteiger partial charge in [-0.2, -0.15) is 0 Å². The van der Waals surface area contributed by atoms with Crippen LogP contribution in [0.25, 0.3) is 10.8 Å². The van der Waals surface area contributed by atoms with E-state index in [0.717, 1.165) is 23.4 Å². The molecule has 0 bridgehead atoms. The molecule has 1 heterocycles. The van der Waals surface area contributed by atoms with Gasteiger partial charge >= 0.3 is 0 Å². The molecule has 0 aromatic heterocycles. The fourth-order valence-corrected chi connectivity index (χ4v) is 4.32. The van der Waals surface area contributed by atoms with Crippen molar-refractivity contribution in [2.24, 2.45) is 11.8 Å². The highest BCUT2D eigenvalue weighted by molar-refractivity contribution is 5.98. The summed E-state index contributed by atoms with van der Waals surface area (Å²) < 4.78 is 0. The number of amides is 1. The van der Waals surface area contributed by atoms with Crippen LogP contribution in [-0.4, -0.2) is 18.6 Å². The average molecular weight is 308 g/mol. The normalized spacial score (nSPS) is 27.4. The summed E-state index contributed by atoms with van der Waals surface area (Å²) in [6.07, 6.45) is 6.60. The molecule has 3 unspecified atom stereocenters. The summed E-state index contributed by atoms with van der Waals surface area (Å²) in [5, 5.41) is 9.06. The van der Waals surface area contributed by atoms with Crippen LogP contribution in [0, 0.1) is 11.8 Å². The number of nitrogens with one attached hydrogen (secondary N) is 2. The fraction of sp³-hybridized carbons (Fsp3) is 0.450. The van der Waals surface area contributed by atoms with Gasteiger partial charge in [0.1, 0.15) is 0 Å². The van der Waals surface area contributed by atoms with Crippen molar-refractivity contribution in [1.29, 1.82) is 0 Å². The van der Waals surface area contributed by atoms with Crippen LogP contribution in [0.5, 0.6) is 0 Å². The number of fused-ring (bicyclic) bond motifs is 2. The second-order valence-electron chi connectivity index (χ2n) is 6.96. The van der Waals surface area contributed by atoms with Gasteiger partial charge in [-0.1, -0.05) is 49.6 Å². The number of carbonyl (C=O) groups is 1. The van der Waals surface area contributed by atoms with E-state index in [1.165, 1.54) is 37.5 Å². The van der Waals surface area contributed by atoms with Gasteiger partial charge in [0.05, 0.1) is 6.17 Å². The maximum Gasteiger partial charge on any atom is 0.252 e. The zero-order chi connectivity index (χ0) is 15.6. The van der Waals surface area contributed by atoms with Crippen LogP contribution >= 0.6 is 0 Å². The topological polar surface area (TPSA) is 41.1 Å². The van der Waals surface area contributed by atoms with E-state index in [1.54, 1.807) is 0 Å². The lowest BCUT2D eigenvalue weighted by molar-refractivity contribution is 0.0789. The Balaban J connectivity index is 1.51. The van der Waals surface area contributed by atoms with Gasteiger partial charge in [0.25, 0.3) is 5.91 Å². The van der Waals surface area contributed by atoms with Gasteiger partial charge in [0.2, 0.25) is 0 Å². The molecular formula is C20H24N2O. The van der Waals surface area contributed by atoms with Crippen molar-refractivity contribution >= 4 is 16.7 Å². The fourth-order valence-electron chi connectivity index (χ4n) is 4.32. The molecule has 1 saturated carbocycles. The monoisotopic (exact) mass is 308 g/mol. The highest BCUT2D eigenvalue weighted by atomic mass is 16.1. The van der Waals surface area contributed by atoms with Crippen LogP contribution in [-0.2, 0) is 0 Å². The third kappa shape index (κ3) is 2.98. The second-order valence-corrected chi connectivity index (χ2v) is 6.96. The van der Waals surface area contributed by atoms with Gasteiger partial charge in [-0.3, -0.25) is 10.1 Å². The molecule has 1 amide bonds. The first-order valence-corrected chi connectivity index (χ1v) is 8.84. The molecule has 2 aromatic carbocycles. The molecule has 0 radical (unpaired) electrons. The first kappa shape index (κ1) is 14.7. The quantitative estimate of drug-likeness (QED) is 0.888. The largest absolute Gasteiger partial charge is 0.336 e. The Kier molecular flexibility index (Phi) is 4.04. The van der Waals surface area contributed by atoms with Crippen molar-refractivity contribution in [2.75, 3.05) is 6.54 Å². The summed E-state index contributed by atoms with van der Waals surface area (Å²) >= 11 is 0. The van der Waals surface area contributed by atoms with Crippen LogP contribution < -0.4 is 10.6 Å². The molecule has 2 aromatic rings. The molecule has 23 heavy (non-hydrogen) atoms. The third-order valence-electron chi connectivity index (χ3n) is 5.57. The molecule has 3 atom stereocenters. The Morgan fingerprint density at radius 3 is 2.74 bits per heavy atom. The Morgan fingerprint density at radius 2 is 1.83 bits per heavy atom. The van der Waals surface area contributed by atoms with Crippen molar-refractivity contribution in [2.45, 2.75) is 38.3 Å². The Hall–Kier alpha value is -1.87. The van der Waals surface area contributed by atoms with Crippen molar-refractivity contribution < 1.29 is 4.79 Å². The van der Waals surface area contributed by atoms with Gasteiger partial charge in [0, 0.05) is 5.56 Å². The lowest BCUT2D eigenvalue weighted by Gasteiger charge is -2.42. The molecule has 2 N–H and O–H groups in total. The summed E-state index contributed by atoms with van der Waals surface area (Å²) in [6.45, 7) is 1.02. The minimum Gasteiger partial charge on any atom is -0.336 e. The van der Waals surface area contributed by atoms with Crippen LogP contribution in [0.3, 0.4) is 0 Å².